The Morgan fingerprint density at radius 2 is 2.00 bits per heavy atom. The number of ether oxygens (including phenoxy) is 1. The van der Waals surface area contributed by atoms with Crippen LogP contribution in [0.2, 0.25) is 0 Å². The van der Waals surface area contributed by atoms with Crippen LogP contribution in [-0.2, 0) is 0 Å². The van der Waals surface area contributed by atoms with E-state index in [9.17, 15) is 4.39 Å². The predicted molar refractivity (Wildman–Crippen MR) is 53.3 cm³/mol. The fourth-order valence-corrected chi connectivity index (χ4v) is 0.823. The normalized spacial score (nSPS) is 12.2. The van der Waals surface area contributed by atoms with Gasteiger partial charge in [0.1, 0.15) is 22.7 Å². The molecule has 0 radical (unpaired) electrons. The van der Waals surface area contributed by atoms with Crippen molar-refractivity contribution >= 4 is 17.2 Å². The van der Waals surface area contributed by atoms with Gasteiger partial charge in [-0.3, -0.25) is 0 Å². The summed E-state index contributed by atoms with van der Waals surface area (Å²) in [6.45, 7) is 1.74. The Hall–Kier alpha value is -1.16. The number of nitrogens with two attached hydrogens (primary N) is 1. The van der Waals surface area contributed by atoms with Crippen LogP contribution in [-0.4, -0.2) is 11.1 Å². The lowest BCUT2D eigenvalue weighted by Crippen LogP contribution is -2.28. The van der Waals surface area contributed by atoms with Crippen LogP contribution in [0.4, 0.5) is 4.39 Å². The van der Waals surface area contributed by atoms with E-state index in [1.165, 1.54) is 24.3 Å². The van der Waals surface area contributed by atoms with E-state index in [1.807, 2.05) is 0 Å². The van der Waals surface area contributed by atoms with Gasteiger partial charge in [0, 0.05) is 0 Å². The van der Waals surface area contributed by atoms with Crippen molar-refractivity contribution in [2.75, 3.05) is 0 Å². The summed E-state index contributed by atoms with van der Waals surface area (Å²) in [5.74, 6) is 0.261. The maximum atomic E-state index is 12.5. The van der Waals surface area contributed by atoms with Crippen LogP contribution in [0.5, 0.6) is 5.75 Å². The maximum Gasteiger partial charge on any atom is 0.145 e. The molecule has 0 aliphatic carbocycles. The number of benzene rings is 1. The molecule has 4 heteroatoms. The minimum absolute atomic E-state index is 0.282. The lowest BCUT2D eigenvalue weighted by Gasteiger charge is -2.12. The molecule has 2 N–H and O–H groups in total. The van der Waals surface area contributed by atoms with Gasteiger partial charge in [-0.15, -0.1) is 0 Å². The topological polar surface area (TPSA) is 35.2 Å². The van der Waals surface area contributed by atoms with E-state index < -0.39 is 0 Å². The first kappa shape index (κ1) is 9.92. The molecule has 2 nitrogen and oxygen atoms in total. The molecule has 0 bridgehead atoms. The lowest BCUT2D eigenvalue weighted by molar-refractivity contribution is 0.288. The van der Waals surface area contributed by atoms with Gasteiger partial charge in [0.05, 0.1) is 0 Å². The van der Waals surface area contributed by atoms with Crippen LogP contribution >= 0.6 is 12.2 Å². The molecule has 0 aliphatic heterocycles. The van der Waals surface area contributed by atoms with E-state index in [-0.39, 0.29) is 16.9 Å². The van der Waals surface area contributed by atoms with Gasteiger partial charge >= 0.3 is 0 Å². The fraction of sp³-hybridized carbons (Fsp3) is 0.222. The van der Waals surface area contributed by atoms with Crippen molar-refractivity contribution in [1.82, 2.24) is 0 Å². The Morgan fingerprint density at radius 3 is 2.46 bits per heavy atom. The fourth-order valence-electron chi connectivity index (χ4n) is 0.775. The van der Waals surface area contributed by atoms with Crippen LogP contribution in [0.1, 0.15) is 6.92 Å². The Labute approximate surface area is 81.5 Å². The Morgan fingerprint density at radius 1 is 1.46 bits per heavy atom. The summed E-state index contributed by atoms with van der Waals surface area (Å²) >= 11 is 4.72. The van der Waals surface area contributed by atoms with Gasteiger partial charge in [-0.05, 0) is 31.2 Å². The Bertz CT molecular complexity index is 299. The van der Waals surface area contributed by atoms with E-state index in [2.05, 4.69) is 0 Å². The largest absolute Gasteiger partial charge is 0.484 e. The molecule has 70 valence electrons. The number of rotatable bonds is 3. The zero-order chi connectivity index (χ0) is 9.84. The third kappa shape index (κ3) is 2.99. The standard InChI is InChI=1S/C9H10FNOS/c1-6(9(11)13)12-8-4-2-7(10)3-5-8/h2-6H,1H3,(H2,11,13). The number of halogens is 1. The van der Waals surface area contributed by atoms with Crippen LogP contribution in [0.15, 0.2) is 24.3 Å². The zero-order valence-electron chi connectivity index (χ0n) is 7.16. The summed E-state index contributed by atoms with van der Waals surface area (Å²) in [5, 5.41) is 0. The van der Waals surface area contributed by atoms with Crippen molar-refractivity contribution in [3.05, 3.63) is 30.1 Å². The van der Waals surface area contributed by atoms with E-state index in [4.69, 9.17) is 22.7 Å². The van der Waals surface area contributed by atoms with Crippen molar-refractivity contribution in [1.29, 1.82) is 0 Å². The summed E-state index contributed by atoms with van der Waals surface area (Å²) in [7, 11) is 0. The first-order valence-corrected chi connectivity index (χ1v) is 4.22. The smallest absolute Gasteiger partial charge is 0.145 e. The Kier molecular flexibility index (Phi) is 3.19. The highest BCUT2D eigenvalue weighted by Crippen LogP contribution is 2.12. The second-order valence-electron chi connectivity index (χ2n) is 2.62. The number of hydrogen-bond acceptors (Lipinski definition) is 2. The molecule has 0 heterocycles. The molecular formula is C9H10FNOS. The molecule has 0 spiro atoms. The SMILES string of the molecule is CC(Oc1ccc(F)cc1)C(N)=S. The molecule has 0 amide bonds. The molecule has 0 saturated heterocycles. The first-order valence-electron chi connectivity index (χ1n) is 3.81. The van der Waals surface area contributed by atoms with Crippen LogP contribution < -0.4 is 10.5 Å². The summed E-state index contributed by atoms with van der Waals surface area (Å²) < 4.78 is 17.8. The highest BCUT2D eigenvalue weighted by atomic mass is 32.1. The lowest BCUT2D eigenvalue weighted by atomic mass is 10.3. The van der Waals surface area contributed by atoms with Crippen LogP contribution in [0.3, 0.4) is 0 Å². The van der Waals surface area contributed by atoms with Crippen LogP contribution in [0.25, 0.3) is 0 Å². The van der Waals surface area contributed by atoms with Crippen LogP contribution in [0, 0.1) is 5.82 Å². The van der Waals surface area contributed by atoms with Gasteiger partial charge < -0.3 is 10.5 Å². The molecule has 1 unspecified atom stereocenters. The zero-order valence-corrected chi connectivity index (χ0v) is 7.98. The highest BCUT2D eigenvalue weighted by molar-refractivity contribution is 7.80. The third-order valence-corrected chi connectivity index (χ3v) is 1.86. The average molecular weight is 199 g/mol. The summed E-state index contributed by atoms with van der Waals surface area (Å²) in [4.78, 5) is 0.282. The van der Waals surface area contributed by atoms with E-state index >= 15 is 0 Å². The molecular weight excluding hydrogens is 189 g/mol. The second kappa shape index (κ2) is 4.18. The number of thiocarbonyl (C=S) groups is 1. The van der Waals surface area contributed by atoms with E-state index in [0.29, 0.717) is 5.75 Å². The molecule has 1 aromatic rings. The Balaban J connectivity index is 2.64. The van der Waals surface area contributed by atoms with Gasteiger partial charge in [-0.1, -0.05) is 12.2 Å². The number of hydrogen-bond donors (Lipinski definition) is 1. The van der Waals surface area contributed by atoms with Crippen molar-refractivity contribution in [2.45, 2.75) is 13.0 Å². The molecule has 13 heavy (non-hydrogen) atoms. The molecule has 0 fully saturated rings. The maximum absolute atomic E-state index is 12.5. The minimum atomic E-state index is -0.333. The van der Waals surface area contributed by atoms with Gasteiger partial charge in [0.15, 0.2) is 0 Å². The minimum Gasteiger partial charge on any atom is -0.484 e. The molecule has 1 rings (SSSR count). The molecule has 0 aliphatic rings. The second-order valence-corrected chi connectivity index (χ2v) is 3.09. The molecule has 0 saturated carbocycles. The third-order valence-electron chi connectivity index (χ3n) is 1.53. The van der Waals surface area contributed by atoms with Gasteiger partial charge in [-0.25, -0.2) is 4.39 Å². The van der Waals surface area contributed by atoms with Crippen molar-refractivity contribution in [2.24, 2.45) is 5.73 Å². The van der Waals surface area contributed by atoms with Gasteiger partial charge in [-0.2, -0.15) is 0 Å². The van der Waals surface area contributed by atoms with Crippen molar-refractivity contribution in [3.8, 4) is 5.75 Å². The van der Waals surface area contributed by atoms with E-state index in [1.54, 1.807) is 6.92 Å². The summed E-state index contributed by atoms with van der Waals surface area (Å²) in [6.07, 6.45) is -0.333. The van der Waals surface area contributed by atoms with Gasteiger partial charge in [0.25, 0.3) is 0 Å². The molecule has 1 atom stereocenters. The van der Waals surface area contributed by atoms with Gasteiger partial charge in [0.2, 0.25) is 0 Å². The van der Waals surface area contributed by atoms with Crippen molar-refractivity contribution in [3.63, 3.8) is 0 Å². The predicted octanol–water partition coefficient (Wildman–Crippen LogP) is 1.88. The monoisotopic (exact) mass is 199 g/mol. The molecule has 0 aromatic heterocycles. The summed E-state index contributed by atoms with van der Waals surface area (Å²) in [5.41, 5.74) is 5.35. The average Bonchev–Trinajstić information content (AvgIpc) is 2.08. The first-order chi connectivity index (χ1) is 6.09. The summed E-state index contributed by atoms with van der Waals surface area (Å²) in [6, 6.07) is 5.71. The molecule has 1 aromatic carbocycles. The van der Waals surface area contributed by atoms with Crippen molar-refractivity contribution < 1.29 is 9.13 Å². The highest BCUT2D eigenvalue weighted by Gasteiger charge is 2.05. The quantitative estimate of drug-likeness (QED) is 0.755. The van der Waals surface area contributed by atoms with E-state index in [0.717, 1.165) is 0 Å².